The summed E-state index contributed by atoms with van der Waals surface area (Å²) >= 11 is 19.8. The lowest BCUT2D eigenvalue weighted by atomic mass is 10.0. The Balaban J connectivity index is 2.18. The maximum Gasteiger partial charge on any atom is 0.0991 e. The summed E-state index contributed by atoms with van der Waals surface area (Å²) in [5.74, 6) is 0. The maximum absolute atomic E-state index is 6.42. The zero-order chi connectivity index (χ0) is 13.3. The molecule has 0 bridgehead atoms. The second-order valence-electron chi connectivity index (χ2n) is 4.37. The van der Waals surface area contributed by atoms with E-state index in [9.17, 15) is 0 Å². The maximum atomic E-state index is 6.42. The van der Waals surface area contributed by atoms with Crippen LogP contribution >= 0.6 is 46.1 Å². The van der Waals surface area contributed by atoms with Crippen LogP contribution < -0.4 is 0 Å². The highest BCUT2D eigenvalue weighted by molar-refractivity contribution is 7.20. The van der Waals surface area contributed by atoms with Crippen LogP contribution in [0.2, 0.25) is 8.67 Å². The third kappa shape index (κ3) is 3.21. The molecule has 0 fully saturated rings. The quantitative estimate of drug-likeness (QED) is 0.591. The Labute approximate surface area is 126 Å². The molecule has 2 rings (SSSR count). The number of hydrogen-bond donors (Lipinski definition) is 0. The molecule has 1 aromatic heterocycles. The van der Waals surface area contributed by atoms with Crippen molar-refractivity contribution < 1.29 is 0 Å². The van der Waals surface area contributed by atoms with Crippen LogP contribution in [0.5, 0.6) is 0 Å². The van der Waals surface area contributed by atoms with E-state index >= 15 is 0 Å². The smallest absolute Gasteiger partial charge is 0.0991 e. The molecule has 18 heavy (non-hydrogen) atoms. The van der Waals surface area contributed by atoms with Gasteiger partial charge < -0.3 is 0 Å². The molecule has 0 aliphatic rings. The van der Waals surface area contributed by atoms with Crippen molar-refractivity contribution in [2.45, 2.75) is 25.6 Å². The summed E-state index contributed by atoms with van der Waals surface area (Å²) in [5, 5.41) is -0.136. The number of thiophene rings is 1. The van der Waals surface area contributed by atoms with Crippen LogP contribution in [0.25, 0.3) is 0 Å². The molecule has 0 radical (unpaired) electrons. The molecule has 0 N–H and O–H groups in total. The largest absolute Gasteiger partial charge is 0.117 e. The molecule has 0 aliphatic heterocycles. The SMILES string of the molecule is Cc1ccc(CC(Cl)c2cc(Cl)sc2Cl)cc1C. The molecule has 96 valence electrons. The Hall–Kier alpha value is -0.210. The number of halogens is 3. The topological polar surface area (TPSA) is 0 Å². The fourth-order valence-corrected chi connectivity index (χ4v) is 3.86. The standard InChI is InChI=1S/C14H13Cl3S/c1-8-3-4-10(5-9(8)2)6-12(15)11-7-13(16)18-14(11)17/h3-5,7,12H,6H2,1-2H3. The summed E-state index contributed by atoms with van der Waals surface area (Å²) in [6.45, 7) is 4.21. The van der Waals surface area contributed by atoms with Crippen molar-refractivity contribution in [3.8, 4) is 0 Å². The monoisotopic (exact) mass is 318 g/mol. The van der Waals surface area contributed by atoms with E-state index in [1.54, 1.807) is 0 Å². The van der Waals surface area contributed by atoms with Gasteiger partial charge >= 0.3 is 0 Å². The van der Waals surface area contributed by atoms with Gasteiger partial charge in [0.05, 0.1) is 14.0 Å². The van der Waals surface area contributed by atoms with Crippen LogP contribution in [0.4, 0.5) is 0 Å². The van der Waals surface area contributed by atoms with Crippen molar-refractivity contribution in [3.63, 3.8) is 0 Å². The Morgan fingerprint density at radius 3 is 2.39 bits per heavy atom. The van der Waals surface area contributed by atoms with Crippen LogP contribution in [0, 0.1) is 13.8 Å². The second kappa shape index (κ2) is 5.83. The van der Waals surface area contributed by atoms with Crippen molar-refractivity contribution >= 4 is 46.1 Å². The fraction of sp³-hybridized carbons (Fsp3) is 0.286. The molecule has 0 nitrogen and oxygen atoms in total. The molecule has 0 aliphatic carbocycles. The highest BCUT2D eigenvalue weighted by Gasteiger charge is 2.16. The van der Waals surface area contributed by atoms with Gasteiger partial charge in [-0.3, -0.25) is 0 Å². The first-order chi connectivity index (χ1) is 8.47. The number of rotatable bonds is 3. The van der Waals surface area contributed by atoms with Gasteiger partial charge in [0, 0.05) is 5.56 Å². The van der Waals surface area contributed by atoms with Crippen LogP contribution in [0.1, 0.15) is 27.6 Å². The summed E-state index contributed by atoms with van der Waals surface area (Å²) < 4.78 is 1.37. The molecule has 2 aromatic rings. The molecule has 0 saturated carbocycles. The molecule has 0 amide bonds. The van der Waals surface area contributed by atoms with Crippen molar-refractivity contribution in [1.29, 1.82) is 0 Å². The van der Waals surface area contributed by atoms with Gasteiger partial charge in [-0.2, -0.15) is 0 Å². The lowest BCUT2D eigenvalue weighted by Gasteiger charge is -2.10. The number of aryl methyl sites for hydroxylation is 2. The van der Waals surface area contributed by atoms with E-state index in [0.717, 1.165) is 12.0 Å². The highest BCUT2D eigenvalue weighted by Crippen LogP contribution is 2.38. The van der Waals surface area contributed by atoms with Gasteiger partial charge in [-0.25, -0.2) is 0 Å². The third-order valence-corrected chi connectivity index (χ3v) is 4.91. The van der Waals surface area contributed by atoms with E-state index in [1.165, 1.54) is 28.0 Å². The Morgan fingerprint density at radius 1 is 1.11 bits per heavy atom. The fourth-order valence-electron chi connectivity index (χ4n) is 1.81. The summed E-state index contributed by atoms with van der Waals surface area (Å²) in [7, 11) is 0. The second-order valence-corrected chi connectivity index (χ2v) is 7.18. The van der Waals surface area contributed by atoms with Crippen LogP contribution in [0.3, 0.4) is 0 Å². The van der Waals surface area contributed by atoms with Crippen LogP contribution in [-0.2, 0) is 6.42 Å². The third-order valence-electron chi connectivity index (χ3n) is 3.01. The van der Waals surface area contributed by atoms with Gasteiger partial charge in [0.25, 0.3) is 0 Å². The van der Waals surface area contributed by atoms with E-state index in [1.807, 2.05) is 6.07 Å². The van der Waals surface area contributed by atoms with E-state index in [0.29, 0.717) is 8.67 Å². The molecule has 0 spiro atoms. The van der Waals surface area contributed by atoms with Crippen LogP contribution in [0.15, 0.2) is 24.3 Å². The minimum atomic E-state index is -0.136. The molecule has 1 atom stereocenters. The summed E-state index contributed by atoms with van der Waals surface area (Å²) in [6, 6.07) is 8.26. The first-order valence-corrected chi connectivity index (χ1v) is 7.63. The van der Waals surface area contributed by atoms with Crippen molar-refractivity contribution in [2.24, 2.45) is 0 Å². The van der Waals surface area contributed by atoms with Crippen molar-refractivity contribution in [1.82, 2.24) is 0 Å². The number of alkyl halides is 1. The Morgan fingerprint density at radius 2 is 1.83 bits per heavy atom. The average molecular weight is 320 g/mol. The zero-order valence-corrected chi connectivity index (χ0v) is 13.2. The molecule has 1 heterocycles. The van der Waals surface area contributed by atoms with E-state index in [2.05, 4.69) is 32.0 Å². The molecule has 4 heteroatoms. The van der Waals surface area contributed by atoms with Gasteiger partial charge in [-0.1, -0.05) is 41.4 Å². The van der Waals surface area contributed by atoms with Crippen molar-refractivity contribution in [3.05, 3.63) is 55.2 Å². The first kappa shape index (κ1) is 14.2. The molecule has 0 saturated heterocycles. The average Bonchev–Trinajstić information content (AvgIpc) is 2.63. The predicted octanol–water partition coefficient (Wildman–Crippen LogP) is 6.19. The van der Waals surface area contributed by atoms with E-state index in [-0.39, 0.29) is 5.38 Å². The summed E-state index contributed by atoms with van der Waals surface area (Å²) in [6.07, 6.45) is 0.759. The highest BCUT2D eigenvalue weighted by atomic mass is 35.5. The zero-order valence-electron chi connectivity index (χ0n) is 10.1. The van der Waals surface area contributed by atoms with Gasteiger partial charge in [0.1, 0.15) is 0 Å². The Bertz CT molecular complexity index is 560. The normalized spacial score (nSPS) is 12.7. The Kier molecular flexibility index (Phi) is 4.60. The van der Waals surface area contributed by atoms with Crippen LogP contribution in [-0.4, -0.2) is 0 Å². The molecular weight excluding hydrogens is 307 g/mol. The van der Waals surface area contributed by atoms with Gasteiger partial charge in [-0.05, 0) is 43.0 Å². The number of hydrogen-bond acceptors (Lipinski definition) is 1. The van der Waals surface area contributed by atoms with Crippen molar-refractivity contribution in [2.75, 3.05) is 0 Å². The summed E-state index contributed by atoms with van der Waals surface area (Å²) in [5.41, 5.74) is 4.72. The van der Waals surface area contributed by atoms with E-state index in [4.69, 9.17) is 34.8 Å². The van der Waals surface area contributed by atoms with Gasteiger partial charge in [0.15, 0.2) is 0 Å². The lowest BCUT2D eigenvalue weighted by Crippen LogP contribution is -1.96. The first-order valence-electron chi connectivity index (χ1n) is 5.62. The molecule has 1 aromatic carbocycles. The molecular formula is C14H13Cl3S. The molecule has 1 unspecified atom stereocenters. The van der Waals surface area contributed by atoms with Gasteiger partial charge in [0.2, 0.25) is 0 Å². The number of benzene rings is 1. The minimum Gasteiger partial charge on any atom is -0.117 e. The lowest BCUT2D eigenvalue weighted by molar-refractivity contribution is 0.922. The summed E-state index contributed by atoms with van der Waals surface area (Å²) in [4.78, 5) is 0. The van der Waals surface area contributed by atoms with Gasteiger partial charge in [-0.15, -0.1) is 22.9 Å². The minimum absolute atomic E-state index is 0.136. The van der Waals surface area contributed by atoms with E-state index < -0.39 is 0 Å². The predicted molar refractivity (Wildman–Crippen MR) is 82.6 cm³/mol.